The number of thioether (sulfide) groups is 1. The van der Waals surface area contributed by atoms with E-state index in [-0.39, 0.29) is 43.9 Å². The number of carboxylic acid groups (broad SMARTS) is 1. The van der Waals surface area contributed by atoms with Crippen molar-refractivity contribution in [1.29, 1.82) is 0 Å². The molecule has 2 amide bonds. The van der Waals surface area contributed by atoms with Crippen LogP contribution >= 0.6 is 11.8 Å². The molecule has 3 heterocycles. The van der Waals surface area contributed by atoms with Crippen LogP contribution in [0.5, 0.6) is 0 Å². The predicted octanol–water partition coefficient (Wildman–Crippen LogP) is 4.78. The van der Waals surface area contributed by atoms with E-state index in [1.807, 2.05) is 24.3 Å². The van der Waals surface area contributed by atoms with Crippen LogP contribution in [-0.2, 0) is 32.2 Å². The summed E-state index contributed by atoms with van der Waals surface area (Å²) in [5.74, 6) is -3.33. The zero-order valence-electron chi connectivity index (χ0n) is 24.5. The molecule has 46 heavy (non-hydrogen) atoms. The first-order chi connectivity index (χ1) is 22.0. The Balaban J connectivity index is 1.26. The van der Waals surface area contributed by atoms with Gasteiger partial charge in [-0.1, -0.05) is 48.5 Å². The summed E-state index contributed by atoms with van der Waals surface area (Å²) in [6, 6.07) is 16.3. The Morgan fingerprint density at radius 3 is 2.37 bits per heavy atom. The van der Waals surface area contributed by atoms with Crippen molar-refractivity contribution in [2.75, 3.05) is 12.3 Å². The molecule has 0 aliphatic carbocycles. The van der Waals surface area contributed by atoms with E-state index in [1.165, 1.54) is 24.0 Å². The number of halogens is 3. The molecule has 2 fully saturated rings. The molecule has 14 heteroatoms. The molecule has 2 aromatic carbocycles. The second-order valence-electron chi connectivity index (χ2n) is 10.9. The number of hydrogen-bond acceptors (Lipinski definition) is 8. The molecule has 0 radical (unpaired) electrons. The fourth-order valence-corrected chi connectivity index (χ4v) is 6.41. The molecule has 5 rings (SSSR count). The number of pyridine rings is 1. The number of hydrogen-bond donors (Lipinski definition) is 3. The van der Waals surface area contributed by atoms with Gasteiger partial charge in [0.2, 0.25) is 5.91 Å². The summed E-state index contributed by atoms with van der Waals surface area (Å²) in [4.78, 5) is 40.9. The number of rotatable bonds is 10. The first-order valence-electron chi connectivity index (χ1n) is 14.6. The number of aromatic nitrogens is 1. The number of amides is 2. The van der Waals surface area contributed by atoms with Crippen molar-refractivity contribution in [2.45, 2.75) is 68.2 Å². The number of alkyl halides is 3. The van der Waals surface area contributed by atoms with Crippen LogP contribution in [0.1, 0.15) is 64.3 Å². The van der Waals surface area contributed by atoms with Crippen molar-refractivity contribution in [3.05, 3.63) is 94.7 Å². The minimum atomic E-state index is -5.04. The number of aliphatic hydroxyl groups excluding tert-OH is 1. The Morgan fingerprint density at radius 1 is 1.00 bits per heavy atom. The van der Waals surface area contributed by atoms with E-state index in [0.29, 0.717) is 39.6 Å². The summed E-state index contributed by atoms with van der Waals surface area (Å²) in [5.41, 5.74) is 3.10. The Labute approximate surface area is 266 Å². The van der Waals surface area contributed by atoms with Crippen LogP contribution in [0.2, 0.25) is 0 Å². The molecule has 3 N–H and O–H groups in total. The number of nitrogens with one attached hydrogen (secondary N) is 1. The maximum Gasteiger partial charge on any atom is 0.471 e. The molecule has 2 aliphatic heterocycles. The summed E-state index contributed by atoms with van der Waals surface area (Å²) >= 11 is 1.27. The van der Waals surface area contributed by atoms with Crippen molar-refractivity contribution in [1.82, 2.24) is 15.2 Å². The topological polar surface area (TPSA) is 138 Å². The molecule has 0 bridgehead atoms. The number of carboxylic acids is 1. The van der Waals surface area contributed by atoms with Gasteiger partial charge in [0, 0.05) is 37.0 Å². The lowest BCUT2D eigenvalue weighted by Crippen LogP contribution is -2.50. The molecule has 244 valence electrons. The van der Waals surface area contributed by atoms with Crippen LogP contribution in [0.4, 0.5) is 13.2 Å². The van der Waals surface area contributed by atoms with E-state index < -0.39 is 36.3 Å². The lowest BCUT2D eigenvalue weighted by molar-refractivity contribution is -0.245. The van der Waals surface area contributed by atoms with E-state index in [2.05, 4.69) is 10.3 Å². The van der Waals surface area contributed by atoms with Crippen molar-refractivity contribution >= 4 is 29.5 Å². The minimum absolute atomic E-state index is 0.0468. The standard InChI is InChI=1S/C32H32F3N3O7S/c33-32(34,35)31(43)38-14-2-4-25(38)27(40)37-16-19-5-11-22(12-6-19)30-44-23(18-46-28-24(29(41)42)3-1-13-36-28)15-26(45-30)21-9-7-20(17-39)8-10-21/h1,3,5-13,23,25-26,30,39H,2,4,14-18H2,(H,37,40)(H,41,42)/t23-,25-,26+,30+/m0/s1. The molecule has 4 atom stereocenters. The predicted molar refractivity (Wildman–Crippen MR) is 159 cm³/mol. The average Bonchev–Trinajstić information content (AvgIpc) is 3.56. The maximum absolute atomic E-state index is 12.9. The Bertz CT molecular complexity index is 1540. The van der Waals surface area contributed by atoms with Gasteiger partial charge in [0.05, 0.1) is 24.4 Å². The summed E-state index contributed by atoms with van der Waals surface area (Å²) in [6.07, 6.45) is -4.06. The molecule has 2 saturated heterocycles. The first-order valence-corrected chi connectivity index (χ1v) is 15.6. The molecule has 0 saturated carbocycles. The quantitative estimate of drug-likeness (QED) is 0.263. The second kappa shape index (κ2) is 14.6. The van der Waals surface area contributed by atoms with Crippen LogP contribution in [0.25, 0.3) is 0 Å². The number of likely N-dealkylation sites (tertiary alicyclic amines) is 1. The normalized spacial score (nSPS) is 21.6. The van der Waals surface area contributed by atoms with E-state index in [4.69, 9.17) is 9.47 Å². The van der Waals surface area contributed by atoms with Crippen LogP contribution in [0, 0.1) is 0 Å². The van der Waals surface area contributed by atoms with E-state index in [9.17, 15) is 37.8 Å². The van der Waals surface area contributed by atoms with Crippen LogP contribution in [0.15, 0.2) is 71.9 Å². The summed E-state index contributed by atoms with van der Waals surface area (Å²) in [6.45, 7) is -0.170. The molecule has 10 nitrogen and oxygen atoms in total. The fourth-order valence-electron chi connectivity index (χ4n) is 5.41. The largest absolute Gasteiger partial charge is 0.478 e. The van der Waals surface area contributed by atoms with Crippen LogP contribution < -0.4 is 5.32 Å². The molecule has 1 aromatic heterocycles. The highest BCUT2D eigenvalue weighted by atomic mass is 32.2. The molecular weight excluding hydrogens is 627 g/mol. The van der Waals surface area contributed by atoms with Gasteiger partial charge in [-0.3, -0.25) is 9.59 Å². The van der Waals surface area contributed by atoms with E-state index >= 15 is 0 Å². The van der Waals surface area contributed by atoms with E-state index in [1.54, 1.807) is 30.3 Å². The number of aliphatic hydroxyl groups is 1. The van der Waals surface area contributed by atoms with Gasteiger partial charge < -0.3 is 29.9 Å². The summed E-state index contributed by atoms with van der Waals surface area (Å²) in [5, 5.41) is 22.0. The number of benzene rings is 2. The third kappa shape index (κ3) is 8.05. The van der Waals surface area contributed by atoms with Crippen LogP contribution in [-0.4, -0.2) is 68.5 Å². The van der Waals surface area contributed by atoms with Gasteiger partial charge in [0.1, 0.15) is 11.1 Å². The molecule has 0 unspecified atom stereocenters. The Hall–Kier alpha value is -3.98. The minimum Gasteiger partial charge on any atom is -0.478 e. The lowest BCUT2D eigenvalue weighted by atomic mass is 10.0. The van der Waals surface area contributed by atoms with E-state index in [0.717, 1.165) is 11.1 Å². The summed E-state index contributed by atoms with van der Waals surface area (Å²) in [7, 11) is 0. The van der Waals surface area contributed by atoms with Crippen molar-refractivity contribution < 1.29 is 47.2 Å². The Morgan fingerprint density at radius 2 is 1.70 bits per heavy atom. The highest BCUT2D eigenvalue weighted by Crippen LogP contribution is 2.39. The highest BCUT2D eigenvalue weighted by molar-refractivity contribution is 7.99. The molecule has 0 spiro atoms. The van der Waals surface area contributed by atoms with Gasteiger partial charge >= 0.3 is 18.1 Å². The zero-order chi connectivity index (χ0) is 32.8. The van der Waals surface area contributed by atoms with Crippen molar-refractivity contribution in [2.24, 2.45) is 0 Å². The van der Waals surface area contributed by atoms with Crippen molar-refractivity contribution in [3.63, 3.8) is 0 Å². The molecule has 2 aliphatic rings. The number of ether oxygens (including phenoxy) is 2. The monoisotopic (exact) mass is 659 g/mol. The lowest BCUT2D eigenvalue weighted by Gasteiger charge is -2.36. The average molecular weight is 660 g/mol. The SMILES string of the molecule is O=C(O)c1cccnc1SC[C@@H]1C[C@H](c2ccc(CO)cc2)O[C@H](c2ccc(CNC(=O)[C@@H]3CCCN3C(=O)C(F)(F)F)cc2)O1. The summed E-state index contributed by atoms with van der Waals surface area (Å²) < 4.78 is 51.5. The maximum atomic E-state index is 12.9. The number of carbonyl (C=O) groups excluding carboxylic acids is 2. The number of aromatic carboxylic acids is 1. The smallest absolute Gasteiger partial charge is 0.471 e. The van der Waals surface area contributed by atoms with Gasteiger partial charge in [-0.05, 0) is 41.7 Å². The highest BCUT2D eigenvalue weighted by Gasteiger charge is 2.47. The zero-order valence-corrected chi connectivity index (χ0v) is 25.3. The number of nitrogens with zero attached hydrogens (tertiary/aromatic N) is 2. The second-order valence-corrected chi connectivity index (χ2v) is 11.9. The third-order valence-electron chi connectivity index (χ3n) is 7.80. The fraction of sp³-hybridized carbons (Fsp3) is 0.375. The third-order valence-corrected chi connectivity index (χ3v) is 8.94. The first kappa shape index (κ1) is 33.4. The van der Waals surface area contributed by atoms with Crippen LogP contribution in [0.3, 0.4) is 0 Å². The van der Waals surface area contributed by atoms with Gasteiger partial charge in [0.15, 0.2) is 6.29 Å². The van der Waals surface area contributed by atoms with Gasteiger partial charge in [-0.15, -0.1) is 11.8 Å². The Kier molecular flexibility index (Phi) is 10.6. The number of carbonyl (C=O) groups is 3. The van der Waals surface area contributed by atoms with Gasteiger partial charge in [-0.2, -0.15) is 13.2 Å². The van der Waals surface area contributed by atoms with Gasteiger partial charge in [-0.25, -0.2) is 9.78 Å². The van der Waals surface area contributed by atoms with Gasteiger partial charge in [0.25, 0.3) is 0 Å². The van der Waals surface area contributed by atoms with Crippen molar-refractivity contribution in [3.8, 4) is 0 Å². The molecule has 3 aromatic rings. The molecular formula is C32H32F3N3O7S.